The fourth-order valence-corrected chi connectivity index (χ4v) is 3.58. The molecule has 0 spiro atoms. The van der Waals surface area contributed by atoms with Gasteiger partial charge in [-0.25, -0.2) is 0 Å². The van der Waals surface area contributed by atoms with Gasteiger partial charge in [-0.3, -0.25) is 0 Å². The number of piperidine rings is 1. The topological polar surface area (TPSA) is 32.5 Å². The van der Waals surface area contributed by atoms with E-state index in [4.69, 9.17) is 5.73 Å². The maximum absolute atomic E-state index is 6.25. The van der Waals surface area contributed by atoms with Gasteiger partial charge in [-0.05, 0) is 52.3 Å². The summed E-state index contributed by atoms with van der Waals surface area (Å²) in [4.78, 5) is 4.99. The van der Waals surface area contributed by atoms with Crippen molar-refractivity contribution in [2.45, 2.75) is 45.2 Å². The number of aryl methyl sites for hydroxylation is 1. The summed E-state index contributed by atoms with van der Waals surface area (Å²) in [6.07, 6.45) is 2.29. The van der Waals surface area contributed by atoms with Crippen molar-refractivity contribution < 1.29 is 0 Å². The summed E-state index contributed by atoms with van der Waals surface area (Å²) in [6.45, 7) is 9.62. The molecular formula is C17H29N3. The molecule has 2 unspecified atom stereocenters. The first-order valence-corrected chi connectivity index (χ1v) is 7.77. The van der Waals surface area contributed by atoms with Gasteiger partial charge in [-0.1, -0.05) is 18.2 Å². The van der Waals surface area contributed by atoms with Gasteiger partial charge in [0.25, 0.3) is 0 Å². The van der Waals surface area contributed by atoms with E-state index in [1.807, 2.05) is 0 Å². The van der Waals surface area contributed by atoms with Crippen molar-refractivity contribution in [3.05, 3.63) is 29.8 Å². The normalized spacial score (nSPS) is 27.6. The van der Waals surface area contributed by atoms with Gasteiger partial charge in [-0.2, -0.15) is 0 Å². The number of nitrogens with zero attached hydrogens (tertiary/aromatic N) is 2. The molecule has 1 aromatic carbocycles. The lowest BCUT2D eigenvalue weighted by Gasteiger charge is -2.51. The van der Waals surface area contributed by atoms with Gasteiger partial charge < -0.3 is 15.5 Å². The monoisotopic (exact) mass is 275 g/mol. The lowest BCUT2D eigenvalue weighted by atomic mass is 9.81. The van der Waals surface area contributed by atoms with Crippen molar-refractivity contribution in [3.63, 3.8) is 0 Å². The van der Waals surface area contributed by atoms with Gasteiger partial charge in [-0.15, -0.1) is 0 Å². The van der Waals surface area contributed by atoms with Crippen molar-refractivity contribution in [2.75, 3.05) is 31.6 Å². The molecule has 0 radical (unpaired) electrons. The summed E-state index contributed by atoms with van der Waals surface area (Å²) in [6, 6.07) is 9.26. The van der Waals surface area contributed by atoms with E-state index in [0.29, 0.717) is 6.04 Å². The van der Waals surface area contributed by atoms with Crippen LogP contribution in [0, 0.1) is 6.92 Å². The minimum absolute atomic E-state index is 0.104. The standard InChI is InChI=1S/C17H29N3/c1-5-20(16-9-7-6-8-14(16)2)17(13-18)10-11-19(4)15(3)12-17/h6-9,15H,5,10-13,18H2,1-4H3. The summed E-state index contributed by atoms with van der Waals surface area (Å²) in [7, 11) is 2.22. The van der Waals surface area contributed by atoms with E-state index in [9.17, 15) is 0 Å². The fourth-order valence-electron chi connectivity index (χ4n) is 3.58. The van der Waals surface area contributed by atoms with Crippen LogP contribution in [0.2, 0.25) is 0 Å². The molecule has 1 saturated heterocycles. The van der Waals surface area contributed by atoms with Gasteiger partial charge in [0.05, 0.1) is 5.54 Å². The Morgan fingerprint density at radius 2 is 2.10 bits per heavy atom. The number of likely N-dealkylation sites (N-methyl/N-ethyl adjacent to an activating group) is 1. The van der Waals surface area contributed by atoms with Crippen LogP contribution in [-0.2, 0) is 0 Å². The second-order valence-electron chi connectivity index (χ2n) is 6.24. The molecule has 20 heavy (non-hydrogen) atoms. The van der Waals surface area contributed by atoms with E-state index >= 15 is 0 Å². The Hall–Kier alpha value is -1.06. The van der Waals surface area contributed by atoms with E-state index in [1.54, 1.807) is 0 Å². The SMILES string of the molecule is CCN(c1ccccc1C)C1(CN)CCN(C)C(C)C1. The number of hydrogen-bond donors (Lipinski definition) is 1. The molecule has 1 aromatic rings. The highest BCUT2D eigenvalue weighted by Crippen LogP contribution is 2.35. The molecule has 3 heteroatoms. The molecule has 1 aliphatic heterocycles. The first-order valence-electron chi connectivity index (χ1n) is 7.77. The molecular weight excluding hydrogens is 246 g/mol. The summed E-state index contributed by atoms with van der Waals surface area (Å²) in [5.41, 5.74) is 9.04. The van der Waals surface area contributed by atoms with Crippen LogP contribution in [0.5, 0.6) is 0 Å². The van der Waals surface area contributed by atoms with Gasteiger partial charge in [0, 0.05) is 31.4 Å². The Kier molecular flexibility index (Phi) is 4.71. The van der Waals surface area contributed by atoms with Crippen LogP contribution in [0.1, 0.15) is 32.3 Å². The molecule has 0 amide bonds. The maximum Gasteiger partial charge on any atom is 0.0551 e. The van der Waals surface area contributed by atoms with Crippen LogP contribution in [0.15, 0.2) is 24.3 Å². The molecule has 0 bridgehead atoms. The predicted molar refractivity (Wildman–Crippen MR) is 87.3 cm³/mol. The van der Waals surface area contributed by atoms with E-state index in [0.717, 1.165) is 32.5 Å². The Morgan fingerprint density at radius 3 is 2.65 bits per heavy atom. The van der Waals surface area contributed by atoms with Crippen LogP contribution in [-0.4, -0.2) is 43.2 Å². The summed E-state index contributed by atoms with van der Waals surface area (Å²) >= 11 is 0. The third-order valence-corrected chi connectivity index (χ3v) is 5.03. The van der Waals surface area contributed by atoms with E-state index in [1.165, 1.54) is 11.3 Å². The number of anilines is 1. The zero-order chi connectivity index (χ0) is 14.8. The summed E-state index contributed by atoms with van der Waals surface area (Å²) in [5, 5.41) is 0. The Balaban J connectivity index is 2.35. The van der Waals surface area contributed by atoms with Crippen molar-refractivity contribution in [1.82, 2.24) is 4.90 Å². The van der Waals surface area contributed by atoms with Gasteiger partial charge in [0.15, 0.2) is 0 Å². The zero-order valence-corrected chi connectivity index (χ0v) is 13.4. The molecule has 0 aliphatic carbocycles. The number of benzene rings is 1. The van der Waals surface area contributed by atoms with E-state index < -0.39 is 0 Å². The highest BCUT2D eigenvalue weighted by Gasteiger charge is 2.40. The quantitative estimate of drug-likeness (QED) is 0.917. The van der Waals surface area contributed by atoms with Crippen molar-refractivity contribution in [1.29, 1.82) is 0 Å². The molecule has 2 rings (SSSR count). The van der Waals surface area contributed by atoms with Gasteiger partial charge >= 0.3 is 0 Å². The lowest BCUT2D eigenvalue weighted by molar-refractivity contribution is 0.130. The summed E-state index contributed by atoms with van der Waals surface area (Å²) in [5.74, 6) is 0. The van der Waals surface area contributed by atoms with Gasteiger partial charge in [0.1, 0.15) is 0 Å². The first kappa shape index (κ1) is 15.3. The smallest absolute Gasteiger partial charge is 0.0551 e. The predicted octanol–water partition coefficient (Wildman–Crippen LogP) is 2.63. The first-order chi connectivity index (χ1) is 9.54. The maximum atomic E-state index is 6.25. The van der Waals surface area contributed by atoms with Crippen molar-refractivity contribution in [2.24, 2.45) is 5.73 Å². The van der Waals surface area contributed by atoms with Crippen LogP contribution >= 0.6 is 0 Å². The summed E-state index contributed by atoms with van der Waals surface area (Å²) < 4.78 is 0. The zero-order valence-electron chi connectivity index (χ0n) is 13.4. The number of hydrogen-bond acceptors (Lipinski definition) is 3. The fraction of sp³-hybridized carbons (Fsp3) is 0.647. The largest absolute Gasteiger partial charge is 0.365 e. The van der Waals surface area contributed by atoms with Crippen molar-refractivity contribution >= 4 is 5.69 Å². The minimum atomic E-state index is 0.104. The number of para-hydroxylation sites is 1. The molecule has 2 atom stereocenters. The Bertz CT molecular complexity index is 446. The van der Waals surface area contributed by atoms with Crippen molar-refractivity contribution in [3.8, 4) is 0 Å². The molecule has 1 heterocycles. The lowest BCUT2D eigenvalue weighted by Crippen LogP contribution is -2.61. The molecule has 3 nitrogen and oxygen atoms in total. The molecule has 1 fully saturated rings. The number of rotatable bonds is 4. The van der Waals surface area contributed by atoms with Crippen LogP contribution in [0.4, 0.5) is 5.69 Å². The molecule has 112 valence electrons. The van der Waals surface area contributed by atoms with Crippen LogP contribution in [0.3, 0.4) is 0 Å². The number of nitrogens with two attached hydrogens (primary N) is 1. The molecule has 2 N–H and O–H groups in total. The van der Waals surface area contributed by atoms with E-state index in [2.05, 4.69) is 61.9 Å². The Labute approximate surface area is 123 Å². The average Bonchev–Trinajstić information content (AvgIpc) is 2.45. The van der Waals surface area contributed by atoms with Crippen LogP contribution < -0.4 is 10.6 Å². The Morgan fingerprint density at radius 1 is 1.40 bits per heavy atom. The number of likely N-dealkylation sites (tertiary alicyclic amines) is 1. The highest BCUT2D eigenvalue weighted by atomic mass is 15.3. The second-order valence-corrected chi connectivity index (χ2v) is 6.24. The molecule has 0 saturated carbocycles. The van der Waals surface area contributed by atoms with E-state index in [-0.39, 0.29) is 5.54 Å². The second kappa shape index (κ2) is 6.15. The minimum Gasteiger partial charge on any atom is -0.365 e. The van der Waals surface area contributed by atoms with Gasteiger partial charge in [0.2, 0.25) is 0 Å². The van der Waals surface area contributed by atoms with Crippen LogP contribution in [0.25, 0.3) is 0 Å². The molecule has 1 aliphatic rings. The third-order valence-electron chi connectivity index (χ3n) is 5.03. The molecule has 0 aromatic heterocycles. The highest BCUT2D eigenvalue weighted by molar-refractivity contribution is 5.55. The third kappa shape index (κ3) is 2.70. The average molecular weight is 275 g/mol.